The Morgan fingerprint density at radius 2 is 2.12 bits per heavy atom. The molecule has 0 bridgehead atoms. The smallest absolute Gasteiger partial charge is 0.224 e. The second-order valence-electron chi connectivity index (χ2n) is 7.89. The lowest BCUT2D eigenvalue weighted by molar-refractivity contribution is -0.123. The Bertz CT molecular complexity index is 1210. The first-order valence-electron chi connectivity index (χ1n) is 10.9. The number of carbonyl (C=O) groups excluding carboxylic acids is 1. The fourth-order valence-corrected chi connectivity index (χ4v) is 4.03. The first kappa shape index (κ1) is 22.6. The largest absolute Gasteiger partial charge is 0.494 e. The van der Waals surface area contributed by atoms with Crippen molar-refractivity contribution in [1.82, 2.24) is 15.6 Å². The van der Waals surface area contributed by atoms with E-state index in [-0.39, 0.29) is 17.6 Å². The standard InChI is InChI=1S/C25H27FN4O3/c1-27-9-11-33-18-6-4-16(5-7-18)21-13-23(30-10-8-17(15-30)25(31)28-2)19-12-20(26)24(32-3)14-22(19)29-21/h4,6,12-14,17,27H,8-11,15H2,1-3H3,(H,28,31)/t17-/m1/s1. The molecule has 2 N–H and O–H groups in total. The number of halogens is 1. The van der Waals surface area contributed by atoms with Crippen molar-refractivity contribution in [3.8, 4) is 5.75 Å². The summed E-state index contributed by atoms with van der Waals surface area (Å²) in [4.78, 5) is 19.0. The molecule has 0 spiro atoms. The minimum absolute atomic E-state index is 0.0146. The molecule has 0 saturated carbocycles. The number of hydrogen-bond acceptors (Lipinski definition) is 6. The van der Waals surface area contributed by atoms with Crippen LogP contribution in [0.15, 0.2) is 47.6 Å². The summed E-state index contributed by atoms with van der Waals surface area (Å²) in [7, 11) is 4.94. The van der Waals surface area contributed by atoms with Crippen LogP contribution in [0.3, 0.4) is 0 Å². The van der Waals surface area contributed by atoms with Crippen LogP contribution in [-0.2, 0) is 9.53 Å². The Kier molecular flexibility index (Phi) is 6.80. The number of methoxy groups -OCH3 is 1. The van der Waals surface area contributed by atoms with Gasteiger partial charge in [-0.15, -0.1) is 0 Å². The topological polar surface area (TPSA) is 75.7 Å². The van der Waals surface area contributed by atoms with E-state index in [1.54, 1.807) is 13.1 Å². The summed E-state index contributed by atoms with van der Waals surface area (Å²) >= 11 is 0. The monoisotopic (exact) mass is 450 g/mol. The van der Waals surface area contributed by atoms with E-state index in [4.69, 9.17) is 14.5 Å². The molecule has 33 heavy (non-hydrogen) atoms. The number of nitrogens with one attached hydrogen (secondary N) is 2. The number of nitrogens with zero attached hydrogens (tertiary/aromatic N) is 2. The number of pyridine rings is 1. The number of ether oxygens (including phenoxy) is 2. The van der Waals surface area contributed by atoms with E-state index in [1.807, 2.05) is 25.3 Å². The molecule has 172 valence electrons. The van der Waals surface area contributed by atoms with Gasteiger partial charge in [-0.05, 0) is 43.5 Å². The summed E-state index contributed by atoms with van der Waals surface area (Å²) < 4.78 is 25.4. The molecule has 1 saturated heterocycles. The number of carbonyl (C=O) groups is 1. The second-order valence-corrected chi connectivity index (χ2v) is 7.89. The quantitative estimate of drug-likeness (QED) is 0.476. The van der Waals surface area contributed by atoms with Gasteiger partial charge in [-0.2, -0.15) is 0 Å². The second kappa shape index (κ2) is 9.92. The molecule has 1 atom stereocenters. The van der Waals surface area contributed by atoms with Crippen molar-refractivity contribution in [2.75, 3.05) is 52.3 Å². The molecular formula is C25H27FN4O3. The Morgan fingerprint density at radius 1 is 1.27 bits per heavy atom. The average molecular weight is 451 g/mol. The number of allylic oxidation sites excluding steroid dienone is 3. The van der Waals surface area contributed by atoms with Crippen molar-refractivity contribution in [2.45, 2.75) is 6.42 Å². The molecular weight excluding hydrogens is 423 g/mol. The Balaban J connectivity index is 1.77. The minimum Gasteiger partial charge on any atom is -0.494 e. The van der Waals surface area contributed by atoms with Crippen LogP contribution in [0.25, 0.3) is 16.5 Å². The van der Waals surface area contributed by atoms with E-state index >= 15 is 0 Å². The Hall–Kier alpha value is -3.57. The fourth-order valence-electron chi connectivity index (χ4n) is 4.03. The molecule has 2 heterocycles. The third kappa shape index (κ3) is 4.78. The summed E-state index contributed by atoms with van der Waals surface area (Å²) in [5.41, 5.74) is 8.99. The number of benzene rings is 1. The number of anilines is 1. The van der Waals surface area contributed by atoms with Crippen LogP contribution in [0.1, 0.15) is 12.1 Å². The van der Waals surface area contributed by atoms with E-state index in [2.05, 4.69) is 27.0 Å². The summed E-state index contributed by atoms with van der Waals surface area (Å²) in [6.07, 6.45) is 4.44. The van der Waals surface area contributed by atoms with Gasteiger partial charge in [-0.25, -0.2) is 9.37 Å². The van der Waals surface area contributed by atoms with E-state index in [1.165, 1.54) is 13.2 Å². The third-order valence-electron chi connectivity index (χ3n) is 5.81. The average Bonchev–Trinajstić information content (AvgIpc) is 3.33. The van der Waals surface area contributed by atoms with Crippen molar-refractivity contribution >= 4 is 28.1 Å². The van der Waals surface area contributed by atoms with Gasteiger partial charge < -0.3 is 25.0 Å². The van der Waals surface area contributed by atoms with Crippen molar-refractivity contribution in [3.63, 3.8) is 0 Å². The molecule has 7 nitrogen and oxygen atoms in total. The van der Waals surface area contributed by atoms with Crippen molar-refractivity contribution in [1.29, 1.82) is 0 Å². The lowest BCUT2D eigenvalue weighted by atomic mass is 10.1. The number of rotatable bonds is 8. The molecule has 0 unspecified atom stereocenters. The molecule has 1 aromatic carbocycles. The number of fused-ring (bicyclic) bond motifs is 1. The van der Waals surface area contributed by atoms with E-state index in [0.29, 0.717) is 42.1 Å². The Morgan fingerprint density at radius 3 is 2.82 bits per heavy atom. The zero-order valence-electron chi connectivity index (χ0n) is 19.0. The van der Waals surface area contributed by atoms with Gasteiger partial charge >= 0.3 is 0 Å². The van der Waals surface area contributed by atoms with Crippen molar-refractivity contribution in [2.24, 2.45) is 5.92 Å². The molecule has 4 rings (SSSR count). The van der Waals surface area contributed by atoms with Gasteiger partial charge in [0.2, 0.25) is 5.91 Å². The van der Waals surface area contributed by atoms with Gasteiger partial charge in [0.15, 0.2) is 17.3 Å². The summed E-state index contributed by atoms with van der Waals surface area (Å²) in [5.74, 6) is 0.184. The molecule has 8 heteroatoms. The number of likely N-dealkylation sites (N-methyl/N-ethyl adjacent to an activating group) is 1. The predicted octanol–water partition coefficient (Wildman–Crippen LogP) is 2.78. The van der Waals surface area contributed by atoms with Crippen LogP contribution in [0.4, 0.5) is 10.1 Å². The zero-order valence-corrected chi connectivity index (χ0v) is 19.0. The van der Waals surface area contributed by atoms with Gasteiger partial charge in [-0.1, -0.05) is 5.73 Å². The van der Waals surface area contributed by atoms with Crippen LogP contribution < -0.4 is 20.3 Å². The van der Waals surface area contributed by atoms with Gasteiger partial charge in [0.1, 0.15) is 6.61 Å². The molecule has 1 aromatic heterocycles. The number of amides is 1. The first-order valence-corrected chi connectivity index (χ1v) is 10.9. The molecule has 2 aliphatic rings. The lowest BCUT2D eigenvalue weighted by Gasteiger charge is -2.22. The summed E-state index contributed by atoms with van der Waals surface area (Å²) in [5, 5.41) is 6.42. The summed E-state index contributed by atoms with van der Waals surface area (Å²) in [6, 6.07) is 4.96. The zero-order chi connectivity index (χ0) is 23.4. The van der Waals surface area contributed by atoms with Gasteiger partial charge in [-0.3, -0.25) is 4.79 Å². The molecule has 1 aliphatic carbocycles. The maximum atomic E-state index is 14.6. The van der Waals surface area contributed by atoms with Gasteiger partial charge in [0.05, 0.1) is 29.8 Å². The molecule has 2 aromatic rings. The lowest BCUT2D eigenvalue weighted by Crippen LogP contribution is -2.30. The molecule has 1 amide bonds. The highest BCUT2D eigenvalue weighted by Crippen LogP contribution is 2.36. The SMILES string of the molecule is CNCCOC1=C=C=C(c2cc(N3CC[C@@H](C(=O)NC)C3)c3cc(F)c(OC)cc3n2)C=C1. The van der Waals surface area contributed by atoms with Gasteiger partial charge in [0.25, 0.3) is 0 Å². The van der Waals surface area contributed by atoms with Crippen LogP contribution in [0.5, 0.6) is 5.75 Å². The van der Waals surface area contributed by atoms with Crippen molar-refractivity contribution in [3.05, 3.63) is 59.1 Å². The van der Waals surface area contributed by atoms with Crippen LogP contribution in [-0.4, -0.2) is 58.3 Å². The van der Waals surface area contributed by atoms with E-state index in [0.717, 1.165) is 24.2 Å². The first-order chi connectivity index (χ1) is 16.0. The highest BCUT2D eigenvalue weighted by molar-refractivity contribution is 5.95. The van der Waals surface area contributed by atoms with E-state index in [9.17, 15) is 9.18 Å². The highest BCUT2D eigenvalue weighted by atomic mass is 19.1. The number of hydrogen-bond donors (Lipinski definition) is 2. The van der Waals surface area contributed by atoms with Crippen LogP contribution >= 0.6 is 0 Å². The van der Waals surface area contributed by atoms with Crippen LogP contribution in [0.2, 0.25) is 0 Å². The highest BCUT2D eigenvalue weighted by Gasteiger charge is 2.29. The maximum Gasteiger partial charge on any atom is 0.224 e. The Labute approximate surface area is 192 Å². The maximum absolute atomic E-state index is 14.6. The molecule has 0 radical (unpaired) electrons. The third-order valence-corrected chi connectivity index (χ3v) is 5.81. The van der Waals surface area contributed by atoms with Gasteiger partial charge in [0, 0.05) is 43.8 Å². The number of aromatic nitrogens is 1. The van der Waals surface area contributed by atoms with Crippen LogP contribution in [0, 0.1) is 11.7 Å². The normalized spacial score (nSPS) is 17.2. The minimum atomic E-state index is -0.453. The molecule has 1 aliphatic heterocycles. The summed E-state index contributed by atoms with van der Waals surface area (Å²) in [6.45, 7) is 2.51. The fraction of sp³-hybridized carbons (Fsp3) is 0.360. The van der Waals surface area contributed by atoms with Crippen molar-refractivity contribution < 1.29 is 18.7 Å². The van der Waals surface area contributed by atoms with E-state index < -0.39 is 5.82 Å². The predicted molar refractivity (Wildman–Crippen MR) is 126 cm³/mol. The molecule has 1 fully saturated rings.